The van der Waals surface area contributed by atoms with Gasteiger partial charge in [-0.25, -0.2) is 0 Å². The lowest BCUT2D eigenvalue weighted by molar-refractivity contribution is 0.332. The van der Waals surface area contributed by atoms with E-state index in [-0.39, 0.29) is 5.54 Å². The maximum absolute atomic E-state index is 5.46. The maximum atomic E-state index is 5.46. The Morgan fingerprint density at radius 1 is 1.19 bits per heavy atom. The molecule has 1 fully saturated rings. The Morgan fingerprint density at radius 3 is 2.81 bits per heavy atom. The number of para-hydroxylation sites is 1. The summed E-state index contributed by atoms with van der Waals surface area (Å²) in [5, 5.41) is 3.67. The van der Waals surface area contributed by atoms with Gasteiger partial charge in [-0.1, -0.05) is 31.0 Å². The van der Waals surface area contributed by atoms with Crippen LogP contribution < -0.4 is 10.1 Å². The predicted molar refractivity (Wildman–Crippen MR) is 66.8 cm³/mol. The van der Waals surface area contributed by atoms with Gasteiger partial charge in [-0.15, -0.1) is 0 Å². The number of benzene rings is 1. The first-order valence-corrected chi connectivity index (χ1v) is 6.15. The summed E-state index contributed by atoms with van der Waals surface area (Å²) in [6, 6.07) is 8.35. The van der Waals surface area contributed by atoms with Gasteiger partial charge < -0.3 is 10.1 Å². The summed E-state index contributed by atoms with van der Waals surface area (Å²) in [4.78, 5) is 0. The van der Waals surface area contributed by atoms with Gasteiger partial charge in [0.15, 0.2) is 0 Å². The van der Waals surface area contributed by atoms with Crippen molar-refractivity contribution >= 4 is 0 Å². The fourth-order valence-electron chi connectivity index (χ4n) is 2.56. The van der Waals surface area contributed by atoms with Gasteiger partial charge in [0.05, 0.1) is 7.11 Å². The Bertz CT molecular complexity index is 340. The van der Waals surface area contributed by atoms with E-state index in [4.69, 9.17) is 4.74 Å². The van der Waals surface area contributed by atoms with Gasteiger partial charge in [0.1, 0.15) is 5.75 Å². The lowest BCUT2D eigenvalue weighted by Crippen LogP contribution is -2.39. The summed E-state index contributed by atoms with van der Waals surface area (Å²) in [6.45, 7) is 3.39. The van der Waals surface area contributed by atoms with Crippen molar-refractivity contribution in [2.45, 2.75) is 38.1 Å². The zero-order chi connectivity index (χ0) is 11.4. The Balaban J connectivity index is 2.32. The van der Waals surface area contributed by atoms with Crippen LogP contribution in [0, 0.1) is 0 Å². The molecule has 2 rings (SSSR count). The van der Waals surface area contributed by atoms with Crippen LogP contribution in [0.3, 0.4) is 0 Å². The summed E-state index contributed by atoms with van der Waals surface area (Å²) in [5.74, 6) is 0.999. The molecule has 0 saturated carbocycles. The molecule has 0 radical (unpaired) electrons. The SMILES string of the molecule is COc1ccccc1C1(C)CCCCCN1. The van der Waals surface area contributed by atoms with Crippen LogP contribution in [0.25, 0.3) is 0 Å². The molecule has 16 heavy (non-hydrogen) atoms. The van der Waals surface area contributed by atoms with Crippen LogP contribution in [-0.4, -0.2) is 13.7 Å². The van der Waals surface area contributed by atoms with Crippen LogP contribution in [0.2, 0.25) is 0 Å². The fourth-order valence-corrected chi connectivity index (χ4v) is 2.56. The molecule has 88 valence electrons. The minimum Gasteiger partial charge on any atom is -0.496 e. The van der Waals surface area contributed by atoms with Crippen molar-refractivity contribution in [2.24, 2.45) is 0 Å². The van der Waals surface area contributed by atoms with Gasteiger partial charge in [0.2, 0.25) is 0 Å². The van der Waals surface area contributed by atoms with Gasteiger partial charge in [0.25, 0.3) is 0 Å². The topological polar surface area (TPSA) is 21.3 Å². The van der Waals surface area contributed by atoms with Crippen molar-refractivity contribution < 1.29 is 4.74 Å². The van der Waals surface area contributed by atoms with Crippen LogP contribution in [0.4, 0.5) is 0 Å². The van der Waals surface area contributed by atoms with Gasteiger partial charge in [-0.2, -0.15) is 0 Å². The van der Waals surface area contributed by atoms with Crippen molar-refractivity contribution in [1.29, 1.82) is 0 Å². The highest BCUT2D eigenvalue weighted by Gasteiger charge is 2.29. The van der Waals surface area contributed by atoms with Crippen LogP contribution in [0.5, 0.6) is 5.75 Å². The molecule has 2 heteroatoms. The maximum Gasteiger partial charge on any atom is 0.123 e. The Labute approximate surface area is 98.0 Å². The molecule has 1 aromatic rings. The molecule has 1 N–H and O–H groups in total. The van der Waals surface area contributed by atoms with Crippen molar-refractivity contribution in [2.75, 3.05) is 13.7 Å². The standard InChI is InChI=1S/C14H21NO/c1-14(10-6-3-7-11-15-14)12-8-4-5-9-13(12)16-2/h4-5,8-9,15H,3,6-7,10-11H2,1-2H3. The van der Waals surface area contributed by atoms with Gasteiger partial charge in [-0.05, 0) is 32.4 Å². The number of hydrogen-bond donors (Lipinski definition) is 1. The molecule has 1 saturated heterocycles. The molecule has 0 bridgehead atoms. The van der Waals surface area contributed by atoms with Crippen LogP contribution >= 0.6 is 0 Å². The number of ether oxygens (including phenoxy) is 1. The minimum atomic E-state index is 0.0725. The molecule has 1 atom stereocenters. The Kier molecular flexibility index (Phi) is 3.49. The van der Waals surface area contributed by atoms with Crippen LogP contribution in [-0.2, 0) is 5.54 Å². The lowest BCUT2D eigenvalue weighted by Gasteiger charge is -2.31. The minimum absolute atomic E-state index is 0.0725. The van der Waals surface area contributed by atoms with Gasteiger partial charge in [0, 0.05) is 11.1 Å². The predicted octanol–water partition coefficient (Wildman–Crippen LogP) is 3.07. The van der Waals surface area contributed by atoms with E-state index in [9.17, 15) is 0 Å². The molecule has 0 spiro atoms. The zero-order valence-corrected chi connectivity index (χ0v) is 10.3. The molecule has 1 heterocycles. The first-order chi connectivity index (χ1) is 7.76. The molecule has 1 unspecified atom stereocenters. The van der Waals surface area contributed by atoms with E-state index < -0.39 is 0 Å². The van der Waals surface area contributed by atoms with Crippen LogP contribution in [0.1, 0.15) is 38.2 Å². The normalized spacial score (nSPS) is 26.1. The second-order valence-electron chi connectivity index (χ2n) is 4.77. The highest BCUT2D eigenvalue weighted by atomic mass is 16.5. The molecule has 0 aromatic heterocycles. The quantitative estimate of drug-likeness (QED) is 0.825. The third-order valence-corrected chi connectivity index (χ3v) is 3.57. The molecule has 1 aromatic carbocycles. The Morgan fingerprint density at radius 2 is 2.00 bits per heavy atom. The molecule has 2 nitrogen and oxygen atoms in total. The molecule has 0 amide bonds. The first-order valence-electron chi connectivity index (χ1n) is 6.15. The van der Waals surface area contributed by atoms with E-state index in [0.717, 1.165) is 12.3 Å². The summed E-state index contributed by atoms with van der Waals surface area (Å²) in [6.07, 6.45) is 5.09. The average Bonchev–Trinajstić information content (AvgIpc) is 2.55. The fraction of sp³-hybridized carbons (Fsp3) is 0.571. The summed E-state index contributed by atoms with van der Waals surface area (Å²) >= 11 is 0. The smallest absolute Gasteiger partial charge is 0.123 e. The number of hydrogen-bond acceptors (Lipinski definition) is 2. The monoisotopic (exact) mass is 219 g/mol. The third kappa shape index (κ3) is 2.22. The molecular weight excluding hydrogens is 198 g/mol. The number of methoxy groups -OCH3 is 1. The third-order valence-electron chi connectivity index (χ3n) is 3.57. The van der Waals surface area contributed by atoms with E-state index in [1.54, 1.807) is 7.11 Å². The summed E-state index contributed by atoms with van der Waals surface area (Å²) < 4.78 is 5.46. The van der Waals surface area contributed by atoms with Crippen molar-refractivity contribution in [1.82, 2.24) is 5.32 Å². The Hall–Kier alpha value is -1.02. The summed E-state index contributed by atoms with van der Waals surface area (Å²) in [7, 11) is 1.75. The van der Waals surface area contributed by atoms with Crippen molar-refractivity contribution in [3.05, 3.63) is 29.8 Å². The number of nitrogens with one attached hydrogen (secondary N) is 1. The average molecular weight is 219 g/mol. The van der Waals surface area contributed by atoms with Gasteiger partial charge in [-0.3, -0.25) is 0 Å². The largest absolute Gasteiger partial charge is 0.496 e. The second kappa shape index (κ2) is 4.88. The van der Waals surface area contributed by atoms with E-state index in [1.807, 2.05) is 12.1 Å². The van der Waals surface area contributed by atoms with E-state index in [0.29, 0.717) is 0 Å². The number of rotatable bonds is 2. The van der Waals surface area contributed by atoms with Crippen LogP contribution in [0.15, 0.2) is 24.3 Å². The molecule has 1 aliphatic rings. The molecule has 0 aliphatic carbocycles. The van der Waals surface area contributed by atoms with Crippen molar-refractivity contribution in [3.8, 4) is 5.75 Å². The van der Waals surface area contributed by atoms with E-state index in [2.05, 4.69) is 24.4 Å². The second-order valence-corrected chi connectivity index (χ2v) is 4.77. The molecule has 1 aliphatic heterocycles. The highest BCUT2D eigenvalue weighted by Crippen LogP contribution is 2.34. The first kappa shape index (κ1) is 11.5. The highest BCUT2D eigenvalue weighted by molar-refractivity contribution is 5.38. The lowest BCUT2D eigenvalue weighted by atomic mass is 9.87. The van der Waals surface area contributed by atoms with E-state index in [1.165, 1.54) is 31.2 Å². The van der Waals surface area contributed by atoms with Gasteiger partial charge >= 0.3 is 0 Å². The van der Waals surface area contributed by atoms with Crippen molar-refractivity contribution in [3.63, 3.8) is 0 Å². The summed E-state index contributed by atoms with van der Waals surface area (Å²) in [5.41, 5.74) is 1.36. The zero-order valence-electron chi connectivity index (χ0n) is 10.3. The molecular formula is C14H21NO. The van der Waals surface area contributed by atoms with E-state index >= 15 is 0 Å².